The van der Waals surface area contributed by atoms with Crippen molar-refractivity contribution in [2.24, 2.45) is 0 Å². The first kappa shape index (κ1) is 17.5. The van der Waals surface area contributed by atoms with Crippen LogP contribution in [0.15, 0.2) is 42.5 Å². The summed E-state index contributed by atoms with van der Waals surface area (Å²) in [7, 11) is 3.37. The van der Waals surface area contributed by atoms with E-state index in [9.17, 15) is 0 Å². The van der Waals surface area contributed by atoms with Crippen LogP contribution in [0.25, 0.3) is 16.9 Å². The Balaban J connectivity index is 1.93. The predicted molar refractivity (Wildman–Crippen MR) is 108 cm³/mol. The number of rotatable bonds is 4. The SMILES string of the molecule is COc1ccc(OC)c(-c2nn(-c3ccc(C)cc3)c3c2CCCCN3)c1. The van der Waals surface area contributed by atoms with Crippen molar-refractivity contribution in [2.75, 3.05) is 26.1 Å². The molecule has 0 saturated heterocycles. The zero-order valence-corrected chi connectivity index (χ0v) is 16.1. The van der Waals surface area contributed by atoms with Crippen LogP contribution >= 0.6 is 0 Å². The van der Waals surface area contributed by atoms with Gasteiger partial charge >= 0.3 is 0 Å². The van der Waals surface area contributed by atoms with Crippen LogP contribution in [0.2, 0.25) is 0 Å². The molecule has 2 heterocycles. The Bertz CT molecular complexity index is 945. The van der Waals surface area contributed by atoms with Gasteiger partial charge in [-0.15, -0.1) is 0 Å². The fourth-order valence-electron chi connectivity index (χ4n) is 3.59. The number of methoxy groups -OCH3 is 2. The summed E-state index contributed by atoms with van der Waals surface area (Å²) in [5.41, 5.74) is 5.44. The minimum atomic E-state index is 0.797. The van der Waals surface area contributed by atoms with Gasteiger partial charge in [-0.25, -0.2) is 4.68 Å². The summed E-state index contributed by atoms with van der Waals surface area (Å²) >= 11 is 0. The van der Waals surface area contributed by atoms with Crippen molar-refractivity contribution in [1.29, 1.82) is 0 Å². The maximum Gasteiger partial charge on any atom is 0.133 e. The molecular formula is C22H25N3O2. The molecule has 1 aliphatic heterocycles. The summed E-state index contributed by atoms with van der Waals surface area (Å²) in [5, 5.41) is 8.60. The summed E-state index contributed by atoms with van der Waals surface area (Å²) < 4.78 is 13.1. The summed E-state index contributed by atoms with van der Waals surface area (Å²) in [6.45, 7) is 3.05. The van der Waals surface area contributed by atoms with Crippen LogP contribution in [0.5, 0.6) is 11.5 Å². The first-order chi connectivity index (χ1) is 13.2. The first-order valence-electron chi connectivity index (χ1n) is 9.36. The molecule has 2 aromatic carbocycles. The molecule has 0 atom stereocenters. The van der Waals surface area contributed by atoms with E-state index in [0.717, 1.165) is 60.1 Å². The number of aryl methyl sites for hydroxylation is 1. The first-order valence-corrected chi connectivity index (χ1v) is 9.36. The number of hydrogen-bond donors (Lipinski definition) is 1. The maximum atomic E-state index is 5.63. The number of aromatic nitrogens is 2. The molecule has 4 rings (SSSR count). The van der Waals surface area contributed by atoms with Gasteiger partial charge in [0.2, 0.25) is 0 Å². The Kier molecular flexibility index (Phi) is 4.75. The molecule has 0 fully saturated rings. The van der Waals surface area contributed by atoms with Gasteiger partial charge in [0.05, 0.1) is 19.9 Å². The number of anilines is 1. The third-order valence-corrected chi connectivity index (χ3v) is 5.07. The lowest BCUT2D eigenvalue weighted by Crippen LogP contribution is -2.07. The van der Waals surface area contributed by atoms with Gasteiger partial charge in [0.1, 0.15) is 23.0 Å². The van der Waals surface area contributed by atoms with Gasteiger partial charge in [0.25, 0.3) is 0 Å². The number of hydrogen-bond acceptors (Lipinski definition) is 4. The Morgan fingerprint density at radius 1 is 1.00 bits per heavy atom. The van der Waals surface area contributed by atoms with Crippen molar-refractivity contribution in [3.05, 3.63) is 53.6 Å². The average molecular weight is 363 g/mol. The molecule has 27 heavy (non-hydrogen) atoms. The van der Waals surface area contributed by atoms with Crippen molar-refractivity contribution < 1.29 is 9.47 Å². The van der Waals surface area contributed by atoms with Gasteiger partial charge < -0.3 is 14.8 Å². The summed E-state index contributed by atoms with van der Waals surface area (Å²) in [4.78, 5) is 0. The number of fused-ring (bicyclic) bond motifs is 1. The highest BCUT2D eigenvalue weighted by Crippen LogP contribution is 2.39. The second kappa shape index (κ2) is 7.35. The third kappa shape index (κ3) is 3.25. The lowest BCUT2D eigenvalue weighted by atomic mass is 10.0. The van der Waals surface area contributed by atoms with E-state index in [2.05, 4.69) is 36.5 Å². The number of nitrogens with zero attached hydrogens (tertiary/aromatic N) is 2. The number of nitrogens with one attached hydrogen (secondary N) is 1. The van der Waals surface area contributed by atoms with E-state index in [1.54, 1.807) is 14.2 Å². The minimum absolute atomic E-state index is 0.797. The minimum Gasteiger partial charge on any atom is -0.497 e. The second-order valence-corrected chi connectivity index (χ2v) is 6.87. The lowest BCUT2D eigenvalue weighted by Gasteiger charge is -2.10. The molecule has 0 bridgehead atoms. The Morgan fingerprint density at radius 2 is 1.81 bits per heavy atom. The zero-order chi connectivity index (χ0) is 18.8. The molecule has 1 N–H and O–H groups in total. The smallest absolute Gasteiger partial charge is 0.133 e. The van der Waals surface area contributed by atoms with Crippen LogP contribution in [0.4, 0.5) is 5.82 Å². The number of benzene rings is 2. The molecule has 1 aromatic heterocycles. The highest BCUT2D eigenvalue weighted by Gasteiger charge is 2.24. The van der Waals surface area contributed by atoms with Crippen LogP contribution in [-0.4, -0.2) is 30.5 Å². The molecule has 1 aliphatic rings. The van der Waals surface area contributed by atoms with Crippen LogP contribution in [0.1, 0.15) is 24.0 Å². The standard InChI is InChI=1S/C22H25N3O2/c1-15-7-9-16(10-8-15)25-22-18(6-4-5-13-23-22)21(24-25)19-14-17(26-2)11-12-20(19)27-3/h7-12,14,23H,4-6,13H2,1-3H3. The van der Waals surface area contributed by atoms with Gasteiger partial charge in [0, 0.05) is 17.7 Å². The summed E-state index contributed by atoms with van der Waals surface area (Å²) in [5.74, 6) is 2.68. The molecule has 5 heteroatoms. The largest absolute Gasteiger partial charge is 0.497 e. The van der Waals surface area contributed by atoms with Crippen molar-refractivity contribution >= 4 is 5.82 Å². The van der Waals surface area contributed by atoms with E-state index in [1.165, 1.54) is 11.1 Å². The van der Waals surface area contributed by atoms with Gasteiger partial charge in [-0.1, -0.05) is 17.7 Å². The topological polar surface area (TPSA) is 48.3 Å². The van der Waals surface area contributed by atoms with Crippen LogP contribution in [0, 0.1) is 6.92 Å². The molecule has 0 amide bonds. The number of ether oxygens (including phenoxy) is 2. The van der Waals surface area contributed by atoms with E-state index in [-0.39, 0.29) is 0 Å². The summed E-state index contributed by atoms with van der Waals surface area (Å²) in [6.07, 6.45) is 3.28. The quantitative estimate of drug-likeness (QED) is 0.735. The highest BCUT2D eigenvalue weighted by molar-refractivity contribution is 5.76. The monoisotopic (exact) mass is 363 g/mol. The summed E-state index contributed by atoms with van der Waals surface area (Å²) in [6, 6.07) is 14.3. The molecule has 5 nitrogen and oxygen atoms in total. The third-order valence-electron chi connectivity index (χ3n) is 5.07. The van der Waals surface area contributed by atoms with Crippen molar-refractivity contribution in [3.8, 4) is 28.4 Å². The Labute approximate surface area is 159 Å². The van der Waals surface area contributed by atoms with Crippen molar-refractivity contribution in [1.82, 2.24) is 9.78 Å². The molecule has 0 unspecified atom stereocenters. The van der Waals surface area contributed by atoms with Gasteiger partial charge in [0.15, 0.2) is 0 Å². The van der Waals surface area contributed by atoms with E-state index in [4.69, 9.17) is 14.6 Å². The highest BCUT2D eigenvalue weighted by atomic mass is 16.5. The van der Waals surface area contributed by atoms with Gasteiger partial charge in [-0.3, -0.25) is 0 Å². The molecule has 3 aromatic rings. The van der Waals surface area contributed by atoms with E-state index in [1.807, 2.05) is 22.9 Å². The van der Waals surface area contributed by atoms with E-state index >= 15 is 0 Å². The molecule has 0 spiro atoms. The fraction of sp³-hybridized carbons (Fsp3) is 0.318. The zero-order valence-electron chi connectivity index (χ0n) is 16.1. The second-order valence-electron chi connectivity index (χ2n) is 6.87. The molecular weight excluding hydrogens is 338 g/mol. The molecule has 0 aliphatic carbocycles. The van der Waals surface area contributed by atoms with Crippen LogP contribution < -0.4 is 14.8 Å². The van der Waals surface area contributed by atoms with Crippen LogP contribution in [0.3, 0.4) is 0 Å². The van der Waals surface area contributed by atoms with E-state index < -0.39 is 0 Å². The molecule has 140 valence electrons. The van der Waals surface area contributed by atoms with Gasteiger partial charge in [-0.05, 0) is 56.5 Å². The lowest BCUT2D eigenvalue weighted by molar-refractivity contribution is 0.404. The van der Waals surface area contributed by atoms with Crippen molar-refractivity contribution in [2.45, 2.75) is 26.2 Å². The Hall–Kier alpha value is -2.95. The van der Waals surface area contributed by atoms with E-state index in [0.29, 0.717) is 0 Å². The molecule has 0 radical (unpaired) electrons. The Morgan fingerprint density at radius 3 is 2.56 bits per heavy atom. The van der Waals surface area contributed by atoms with Crippen LogP contribution in [-0.2, 0) is 6.42 Å². The maximum absolute atomic E-state index is 5.63. The average Bonchev–Trinajstić information content (AvgIpc) is 2.89. The molecule has 0 saturated carbocycles. The normalized spacial score (nSPS) is 13.4. The van der Waals surface area contributed by atoms with Crippen molar-refractivity contribution in [3.63, 3.8) is 0 Å². The van der Waals surface area contributed by atoms with Gasteiger partial charge in [-0.2, -0.15) is 5.10 Å². The fourth-order valence-corrected chi connectivity index (χ4v) is 3.59. The predicted octanol–water partition coefficient (Wildman–Crippen LogP) is 4.61.